The number of piperidine rings is 2. The molecule has 244 valence electrons. The molecule has 0 spiro atoms. The lowest BCUT2D eigenvalue weighted by Gasteiger charge is -2.32. The molecule has 2 saturated heterocycles. The van der Waals surface area contributed by atoms with Gasteiger partial charge in [-0.05, 0) is 71.0 Å². The summed E-state index contributed by atoms with van der Waals surface area (Å²) in [5.41, 5.74) is 1.88. The second kappa shape index (κ2) is 13.4. The molecule has 2 aliphatic rings. The second-order valence-corrected chi connectivity index (χ2v) is 13.2. The quantitative estimate of drug-likeness (QED) is 0.375. The van der Waals surface area contributed by atoms with Gasteiger partial charge in [0.2, 0.25) is 5.95 Å². The molecule has 0 aromatic carbocycles. The Labute approximate surface area is 263 Å². The molecule has 14 heteroatoms. The van der Waals surface area contributed by atoms with Gasteiger partial charge in [0.15, 0.2) is 11.1 Å². The van der Waals surface area contributed by atoms with Gasteiger partial charge in [-0.25, -0.2) is 4.79 Å². The van der Waals surface area contributed by atoms with Crippen LogP contribution in [0, 0.1) is 5.92 Å². The van der Waals surface area contributed by atoms with Crippen LogP contribution in [-0.4, -0.2) is 96.3 Å². The fourth-order valence-corrected chi connectivity index (χ4v) is 5.47. The maximum atomic E-state index is 13.0. The van der Waals surface area contributed by atoms with E-state index in [1.54, 1.807) is 27.7 Å². The SMILES string of the molecule is CC(C)c1cnn2c(NCc3ccc(=NC(=O)C4CCCN(C(=O)OC(C)(C)C)C4)n(O)c3)nc(OC3CCN(C)CC3)nc12. The van der Waals surface area contributed by atoms with Gasteiger partial charge >= 0.3 is 12.1 Å². The van der Waals surface area contributed by atoms with Gasteiger partial charge in [0.1, 0.15) is 11.7 Å². The highest BCUT2D eigenvalue weighted by Crippen LogP contribution is 2.25. The number of anilines is 1. The first-order chi connectivity index (χ1) is 21.4. The molecular formula is C31H45N9O5. The highest BCUT2D eigenvalue weighted by molar-refractivity contribution is 5.80. The minimum absolute atomic E-state index is 0.0447. The number of likely N-dealkylation sites (tertiary alicyclic amines) is 2. The molecule has 5 rings (SSSR count). The van der Waals surface area contributed by atoms with Gasteiger partial charge in [0.05, 0.1) is 18.3 Å². The molecule has 1 atom stereocenters. The lowest BCUT2D eigenvalue weighted by atomic mass is 9.98. The molecule has 0 saturated carbocycles. The van der Waals surface area contributed by atoms with Crippen molar-refractivity contribution in [2.45, 2.75) is 84.5 Å². The molecule has 5 heterocycles. The summed E-state index contributed by atoms with van der Waals surface area (Å²) in [5, 5.41) is 18.5. The van der Waals surface area contributed by atoms with E-state index in [4.69, 9.17) is 14.5 Å². The number of hydrogen-bond acceptors (Lipinski definition) is 10. The number of fused-ring (bicyclic) bond motifs is 1. The van der Waals surface area contributed by atoms with Crippen molar-refractivity contribution in [3.05, 3.63) is 41.1 Å². The smallest absolute Gasteiger partial charge is 0.410 e. The van der Waals surface area contributed by atoms with Crippen LogP contribution >= 0.6 is 0 Å². The van der Waals surface area contributed by atoms with Crippen LogP contribution in [0.15, 0.2) is 29.5 Å². The van der Waals surface area contributed by atoms with Crippen LogP contribution in [0.1, 0.15) is 77.3 Å². The first-order valence-electron chi connectivity index (χ1n) is 15.7. The Morgan fingerprint density at radius 3 is 2.58 bits per heavy atom. The molecule has 0 radical (unpaired) electrons. The topological polar surface area (TPSA) is 152 Å². The Bertz CT molecular complexity index is 1580. The molecule has 3 aromatic heterocycles. The third kappa shape index (κ3) is 8.10. The van der Waals surface area contributed by atoms with Crippen molar-refractivity contribution in [2.24, 2.45) is 10.9 Å². The third-order valence-corrected chi connectivity index (χ3v) is 8.00. The second-order valence-electron chi connectivity index (χ2n) is 13.2. The van der Waals surface area contributed by atoms with Crippen molar-refractivity contribution in [1.29, 1.82) is 0 Å². The molecule has 14 nitrogen and oxygen atoms in total. The first-order valence-corrected chi connectivity index (χ1v) is 15.7. The van der Waals surface area contributed by atoms with Crippen LogP contribution in [0.2, 0.25) is 0 Å². The van der Waals surface area contributed by atoms with E-state index in [-0.39, 0.29) is 24.1 Å². The summed E-state index contributed by atoms with van der Waals surface area (Å²) in [5.74, 6) is -0.182. The van der Waals surface area contributed by atoms with Crippen LogP contribution < -0.4 is 15.5 Å². The van der Waals surface area contributed by atoms with E-state index >= 15 is 0 Å². The van der Waals surface area contributed by atoms with Crippen LogP contribution in [-0.2, 0) is 16.1 Å². The lowest BCUT2D eigenvalue weighted by Crippen LogP contribution is -2.44. The summed E-state index contributed by atoms with van der Waals surface area (Å²) in [6.07, 6.45) is 5.99. The monoisotopic (exact) mass is 623 g/mol. The van der Waals surface area contributed by atoms with Gasteiger partial charge in [0.25, 0.3) is 5.91 Å². The van der Waals surface area contributed by atoms with Crippen LogP contribution in [0.3, 0.4) is 0 Å². The molecular weight excluding hydrogens is 578 g/mol. The van der Waals surface area contributed by atoms with Crippen LogP contribution in [0.4, 0.5) is 10.7 Å². The number of hydrogen-bond donors (Lipinski definition) is 2. The lowest BCUT2D eigenvalue weighted by molar-refractivity contribution is -0.123. The standard InChI is InChI=1S/C31H45N9O5/c1-20(2)24-17-33-40-26(24)35-29(44-23-11-14-37(6)15-12-23)36-28(40)32-16-21-9-10-25(39(43)18-21)34-27(41)22-8-7-13-38(19-22)30(42)45-31(3,4)5/h9-10,17-18,20,22-23,43H,7-8,11-16,19H2,1-6H3,(H,32,35,36). The summed E-state index contributed by atoms with van der Waals surface area (Å²) in [7, 11) is 2.11. The molecule has 2 fully saturated rings. The number of nitrogens with one attached hydrogen (secondary N) is 1. The number of amides is 2. The van der Waals surface area contributed by atoms with Crippen molar-refractivity contribution in [3.63, 3.8) is 0 Å². The van der Waals surface area contributed by atoms with Gasteiger partial charge in [0, 0.05) is 38.3 Å². The molecule has 45 heavy (non-hydrogen) atoms. The minimum atomic E-state index is -0.616. The molecule has 1 unspecified atom stereocenters. The Morgan fingerprint density at radius 1 is 1.13 bits per heavy atom. The minimum Gasteiger partial charge on any atom is -0.460 e. The van der Waals surface area contributed by atoms with E-state index in [0.29, 0.717) is 43.5 Å². The molecule has 2 amide bonds. The highest BCUT2D eigenvalue weighted by atomic mass is 16.6. The van der Waals surface area contributed by atoms with E-state index in [1.165, 1.54) is 6.20 Å². The molecule has 3 aromatic rings. The predicted octanol–water partition coefficient (Wildman–Crippen LogP) is 3.45. The average Bonchev–Trinajstić information content (AvgIpc) is 3.42. The fraction of sp³-hybridized carbons (Fsp3) is 0.613. The molecule has 2 aliphatic heterocycles. The van der Waals surface area contributed by atoms with Gasteiger partial charge in [-0.15, -0.1) is 0 Å². The average molecular weight is 624 g/mol. The number of nitrogens with zero attached hydrogens (tertiary/aromatic N) is 8. The van der Waals surface area contributed by atoms with Crippen molar-refractivity contribution < 1.29 is 24.3 Å². The number of pyridine rings is 1. The Morgan fingerprint density at radius 2 is 1.89 bits per heavy atom. The zero-order valence-electron chi connectivity index (χ0n) is 27.1. The number of ether oxygens (including phenoxy) is 2. The zero-order valence-corrected chi connectivity index (χ0v) is 27.1. The first kappa shape index (κ1) is 32.2. The summed E-state index contributed by atoms with van der Waals surface area (Å²) >= 11 is 0. The largest absolute Gasteiger partial charge is 0.460 e. The Hall–Kier alpha value is -4.20. The van der Waals surface area contributed by atoms with Crippen molar-refractivity contribution in [2.75, 3.05) is 38.5 Å². The van der Waals surface area contributed by atoms with E-state index in [2.05, 4.69) is 46.2 Å². The maximum absolute atomic E-state index is 13.0. The van der Waals surface area contributed by atoms with Gasteiger partial charge < -0.3 is 29.8 Å². The van der Waals surface area contributed by atoms with Crippen molar-refractivity contribution in [3.8, 4) is 6.01 Å². The Balaban J connectivity index is 1.28. The third-order valence-electron chi connectivity index (χ3n) is 8.00. The molecule has 2 N–H and O–H groups in total. The van der Waals surface area contributed by atoms with Crippen molar-refractivity contribution >= 4 is 23.6 Å². The molecule has 0 aliphatic carbocycles. The van der Waals surface area contributed by atoms with E-state index in [0.717, 1.165) is 41.8 Å². The number of carbonyl (C=O) groups is 2. The van der Waals surface area contributed by atoms with E-state index in [9.17, 15) is 14.8 Å². The Kier molecular flexibility index (Phi) is 9.61. The normalized spacial score (nSPS) is 18.9. The summed E-state index contributed by atoms with van der Waals surface area (Å²) in [4.78, 5) is 42.9. The number of carbonyl (C=O) groups excluding carboxylic acids is 2. The number of rotatable bonds is 7. The summed E-state index contributed by atoms with van der Waals surface area (Å²) in [6.45, 7) is 12.6. The number of aromatic nitrogens is 5. The summed E-state index contributed by atoms with van der Waals surface area (Å²) < 4.78 is 14.2. The van der Waals surface area contributed by atoms with Gasteiger partial charge in [-0.2, -0.15) is 29.3 Å². The summed E-state index contributed by atoms with van der Waals surface area (Å²) in [6, 6.07) is 3.66. The van der Waals surface area contributed by atoms with E-state index in [1.807, 2.05) is 20.8 Å². The highest BCUT2D eigenvalue weighted by Gasteiger charge is 2.31. The van der Waals surface area contributed by atoms with Gasteiger partial charge in [-0.3, -0.25) is 4.79 Å². The van der Waals surface area contributed by atoms with Crippen LogP contribution in [0.25, 0.3) is 5.65 Å². The van der Waals surface area contributed by atoms with E-state index < -0.39 is 23.5 Å². The van der Waals surface area contributed by atoms with Crippen LogP contribution in [0.5, 0.6) is 6.01 Å². The maximum Gasteiger partial charge on any atom is 0.410 e. The van der Waals surface area contributed by atoms with Crippen molar-refractivity contribution in [1.82, 2.24) is 34.1 Å². The zero-order chi connectivity index (χ0) is 32.3. The van der Waals surface area contributed by atoms with Gasteiger partial charge in [-0.1, -0.05) is 19.9 Å². The predicted molar refractivity (Wildman–Crippen MR) is 166 cm³/mol. The molecule has 0 bridgehead atoms. The fourth-order valence-electron chi connectivity index (χ4n) is 5.47.